The SMILES string of the molecule is CNCc1cc(S(=O)(=O)NCc2ccsc2)c(Br)o1. The molecule has 8 heteroatoms. The zero-order valence-corrected chi connectivity index (χ0v) is 13.4. The standard InChI is InChI=1S/C11H13BrN2O3S2/c1-13-6-9-4-10(11(12)17-9)19(15,16)14-5-8-2-3-18-7-8/h2-4,7,13-14H,5-6H2,1H3. The molecule has 0 radical (unpaired) electrons. The Hall–Kier alpha value is -0.670. The molecular weight excluding hydrogens is 352 g/mol. The summed E-state index contributed by atoms with van der Waals surface area (Å²) in [7, 11) is -1.81. The van der Waals surface area contributed by atoms with Crippen molar-refractivity contribution < 1.29 is 12.8 Å². The summed E-state index contributed by atoms with van der Waals surface area (Å²) < 4.78 is 32.4. The molecule has 0 aliphatic rings. The Morgan fingerprint density at radius 2 is 2.21 bits per heavy atom. The van der Waals surface area contributed by atoms with Gasteiger partial charge in [0.2, 0.25) is 10.0 Å². The molecule has 19 heavy (non-hydrogen) atoms. The lowest BCUT2D eigenvalue weighted by molar-refractivity contribution is 0.470. The minimum Gasteiger partial charge on any atom is -0.452 e. The molecule has 0 saturated carbocycles. The second-order valence-corrected chi connectivity index (χ2v) is 7.07. The average molecular weight is 365 g/mol. The number of furan rings is 1. The summed E-state index contributed by atoms with van der Waals surface area (Å²) in [6.07, 6.45) is 0. The molecule has 0 saturated heterocycles. The van der Waals surface area contributed by atoms with Crippen LogP contribution in [0.25, 0.3) is 0 Å². The van der Waals surface area contributed by atoms with Gasteiger partial charge < -0.3 is 9.73 Å². The Labute approximate surface area is 124 Å². The van der Waals surface area contributed by atoms with Crippen molar-refractivity contribution in [1.29, 1.82) is 0 Å². The molecule has 2 aromatic rings. The van der Waals surface area contributed by atoms with Gasteiger partial charge in [0.05, 0.1) is 6.54 Å². The van der Waals surface area contributed by atoms with Gasteiger partial charge in [-0.05, 0) is 45.4 Å². The fourth-order valence-electron chi connectivity index (χ4n) is 1.49. The highest BCUT2D eigenvalue weighted by atomic mass is 79.9. The molecule has 0 unspecified atom stereocenters. The van der Waals surface area contributed by atoms with Crippen molar-refractivity contribution in [3.05, 3.63) is 38.9 Å². The second kappa shape index (κ2) is 6.19. The van der Waals surface area contributed by atoms with Gasteiger partial charge in [-0.2, -0.15) is 11.3 Å². The summed E-state index contributed by atoms with van der Waals surface area (Å²) in [4.78, 5) is 0.118. The van der Waals surface area contributed by atoms with Gasteiger partial charge in [-0.1, -0.05) is 0 Å². The third-order valence-corrected chi connectivity index (χ3v) is 5.38. The van der Waals surface area contributed by atoms with E-state index in [2.05, 4.69) is 26.0 Å². The lowest BCUT2D eigenvalue weighted by atomic mass is 10.4. The first-order chi connectivity index (χ1) is 9.03. The summed E-state index contributed by atoms with van der Waals surface area (Å²) in [6, 6.07) is 3.39. The monoisotopic (exact) mass is 364 g/mol. The van der Waals surface area contributed by atoms with E-state index in [4.69, 9.17) is 4.42 Å². The summed E-state index contributed by atoms with van der Waals surface area (Å²) in [5, 5.41) is 6.71. The molecule has 2 N–H and O–H groups in total. The lowest BCUT2D eigenvalue weighted by Crippen LogP contribution is -2.22. The molecule has 2 rings (SSSR count). The Kier molecular flexibility index (Phi) is 4.80. The van der Waals surface area contributed by atoms with Crippen LogP contribution in [0.3, 0.4) is 0 Å². The molecule has 0 spiro atoms. The van der Waals surface area contributed by atoms with Crippen molar-refractivity contribution in [2.24, 2.45) is 0 Å². The molecule has 2 aromatic heterocycles. The summed E-state index contributed by atoms with van der Waals surface area (Å²) >= 11 is 4.66. The van der Waals surface area contributed by atoms with Crippen LogP contribution in [0.4, 0.5) is 0 Å². The lowest BCUT2D eigenvalue weighted by Gasteiger charge is -2.03. The van der Waals surface area contributed by atoms with E-state index in [9.17, 15) is 8.42 Å². The van der Waals surface area contributed by atoms with Crippen LogP contribution in [0.15, 0.2) is 36.9 Å². The minimum atomic E-state index is -3.58. The van der Waals surface area contributed by atoms with Gasteiger partial charge in [0.25, 0.3) is 0 Å². The van der Waals surface area contributed by atoms with E-state index in [1.54, 1.807) is 7.05 Å². The van der Waals surface area contributed by atoms with Gasteiger partial charge in [0, 0.05) is 12.6 Å². The van der Waals surface area contributed by atoms with E-state index in [-0.39, 0.29) is 16.1 Å². The van der Waals surface area contributed by atoms with Crippen molar-refractivity contribution >= 4 is 37.3 Å². The van der Waals surface area contributed by atoms with E-state index in [0.29, 0.717) is 12.3 Å². The molecule has 0 amide bonds. The van der Waals surface area contributed by atoms with Crippen molar-refractivity contribution in [2.75, 3.05) is 7.05 Å². The highest BCUT2D eigenvalue weighted by molar-refractivity contribution is 9.10. The molecule has 0 aliphatic heterocycles. The number of nitrogens with one attached hydrogen (secondary N) is 2. The number of halogens is 1. The molecule has 5 nitrogen and oxygen atoms in total. The number of hydrogen-bond donors (Lipinski definition) is 2. The van der Waals surface area contributed by atoms with Gasteiger partial charge in [0.15, 0.2) is 4.67 Å². The molecule has 0 bridgehead atoms. The molecule has 0 fully saturated rings. The first-order valence-corrected chi connectivity index (χ1v) is 8.68. The van der Waals surface area contributed by atoms with Crippen LogP contribution in [0.2, 0.25) is 0 Å². The largest absolute Gasteiger partial charge is 0.452 e. The van der Waals surface area contributed by atoms with Crippen LogP contribution >= 0.6 is 27.3 Å². The quantitative estimate of drug-likeness (QED) is 0.824. The van der Waals surface area contributed by atoms with Crippen LogP contribution in [-0.2, 0) is 23.1 Å². The number of sulfonamides is 1. The molecule has 0 aromatic carbocycles. The van der Waals surface area contributed by atoms with Crippen LogP contribution < -0.4 is 10.0 Å². The smallest absolute Gasteiger partial charge is 0.245 e. The van der Waals surface area contributed by atoms with Crippen LogP contribution in [0, 0.1) is 0 Å². The van der Waals surface area contributed by atoms with Crippen molar-refractivity contribution in [1.82, 2.24) is 10.0 Å². The third-order valence-electron chi connectivity index (χ3n) is 2.39. The molecule has 2 heterocycles. The van der Waals surface area contributed by atoms with Crippen LogP contribution in [0.1, 0.15) is 11.3 Å². The predicted octanol–water partition coefficient (Wildman–Crippen LogP) is 2.30. The average Bonchev–Trinajstić information content (AvgIpc) is 2.97. The second-order valence-electron chi connectivity index (χ2n) is 3.84. The first kappa shape index (κ1) is 14.7. The maximum absolute atomic E-state index is 12.1. The minimum absolute atomic E-state index is 0.118. The van der Waals surface area contributed by atoms with Crippen LogP contribution in [-0.4, -0.2) is 15.5 Å². The zero-order valence-electron chi connectivity index (χ0n) is 10.1. The molecule has 0 atom stereocenters. The summed E-state index contributed by atoms with van der Waals surface area (Å²) in [6.45, 7) is 0.740. The number of rotatable bonds is 6. The van der Waals surface area contributed by atoms with Crippen molar-refractivity contribution in [3.8, 4) is 0 Å². The van der Waals surface area contributed by atoms with Gasteiger partial charge in [-0.15, -0.1) is 0 Å². The van der Waals surface area contributed by atoms with Crippen molar-refractivity contribution in [3.63, 3.8) is 0 Å². The molecule has 0 aliphatic carbocycles. The normalized spacial score (nSPS) is 11.9. The highest BCUT2D eigenvalue weighted by Gasteiger charge is 2.22. The Morgan fingerprint density at radius 1 is 1.42 bits per heavy atom. The number of thiophene rings is 1. The maximum atomic E-state index is 12.1. The van der Waals surface area contributed by atoms with E-state index >= 15 is 0 Å². The number of hydrogen-bond acceptors (Lipinski definition) is 5. The third kappa shape index (κ3) is 3.67. The van der Waals surface area contributed by atoms with Gasteiger partial charge >= 0.3 is 0 Å². The van der Waals surface area contributed by atoms with Gasteiger partial charge in [-0.3, -0.25) is 0 Å². The highest BCUT2D eigenvalue weighted by Crippen LogP contribution is 2.26. The summed E-state index contributed by atoms with van der Waals surface area (Å²) in [5.74, 6) is 0.560. The van der Waals surface area contributed by atoms with Crippen LogP contribution in [0.5, 0.6) is 0 Å². The first-order valence-electron chi connectivity index (χ1n) is 5.46. The van der Waals surface area contributed by atoms with E-state index < -0.39 is 10.0 Å². The zero-order chi connectivity index (χ0) is 13.9. The van der Waals surface area contributed by atoms with E-state index in [1.807, 2.05) is 16.8 Å². The van der Waals surface area contributed by atoms with Gasteiger partial charge in [-0.25, -0.2) is 13.1 Å². The van der Waals surface area contributed by atoms with Crippen molar-refractivity contribution in [2.45, 2.75) is 18.0 Å². The summed E-state index contributed by atoms with van der Waals surface area (Å²) in [5.41, 5.74) is 0.934. The van der Waals surface area contributed by atoms with Gasteiger partial charge in [0.1, 0.15) is 10.7 Å². The van der Waals surface area contributed by atoms with E-state index in [1.165, 1.54) is 17.4 Å². The Balaban J connectivity index is 2.14. The Bertz CT molecular complexity index is 635. The molecular formula is C11H13BrN2O3S2. The maximum Gasteiger partial charge on any atom is 0.245 e. The molecule has 104 valence electrons. The fraction of sp³-hybridized carbons (Fsp3) is 0.273. The fourth-order valence-corrected chi connectivity index (χ4v) is 4.17. The topological polar surface area (TPSA) is 71.3 Å². The Morgan fingerprint density at radius 3 is 2.84 bits per heavy atom. The predicted molar refractivity (Wildman–Crippen MR) is 77.5 cm³/mol. The van der Waals surface area contributed by atoms with E-state index in [0.717, 1.165) is 5.56 Å².